The van der Waals surface area contributed by atoms with E-state index in [1.807, 2.05) is 18.1 Å². The largest absolute Gasteiger partial charge is 0.316 e. The summed E-state index contributed by atoms with van der Waals surface area (Å²) in [6, 6.07) is 5.87. The standard InChI is InChI=1S/C16H21Cl2N5O/c1-19-11-4-6-22(9-11)10-16(24)20-15-5-7-23(21-15)12-2-3-13(17)14(18)8-12/h2-3,8,11,19H,4-7,9-10H2,1H3,(H,20,21,24). The van der Waals surface area contributed by atoms with Crippen LogP contribution in [0.3, 0.4) is 0 Å². The Bertz CT molecular complexity index is 651. The number of carbonyl (C=O) groups is 1. The minimum Gasteiger partial charge on any atom is -0.316 e. The Hall–Kier alpha value is -1.34. The van der Waals surface area contributed by atoms with E-state index in [4.69, 9.17) is 23.2 Å². The summed E-state index contributed by atoms with van der Waals surface area (Å²) >= 11 is 12.0. The van der Waals surface area contributed by atoms with Crippen molar-refractivity contribution in [2.45, 2.75) is 18.9 Å². The number of amides is 1. The van der Waals surface area contributed by atoms with E-state index < -0.39 is 0 Å². The molecule has 24 heavy (non-hydrogen) atoms. The zero-order valence-electron chi connectivity index (χ0n) is 13.6. The van der Waals surface area contributed by atoms with Crippen molar-refractivity contribution >= 4 is 40.6 Å². The Morgan fingerprint density at radius 2 is 2.17 bits per heavy atom. The van der Waals surface area contributed by atoms with Crippen molar-refractivity contribution in [3.05, 3.63) is 28.2 Å². The average Bonchev–Trinajstić information content (AvgIpc) is 3.19. The molecule has 6 nitrogen and oxygen atoms in total. The maximum Gasteiger partial charge on any atom is 0.239 e. The normalized spacial score (nSPS) is 21.2. The van der Waals surface area contributed by atoms with Crippen LogP contribution in [0.25, 0.3) is 0 Å². The van der Waals surface area contributed by atoms with Crippen molar-refractivity contribution in [3.63, 3.8) is 0 Å². The summed E-state index contributed by atoms with van der Waals surface area (Å²) in [7, 11) is 1.96. The molecule has 0 radical (unpaired) electrons. The highest BCUT2D eigenvalue weighted by molar-refractivity contribution is 6.42. The fraction of sp³-hybridized carbons (Fsp3) is 0.500. The third-order valence-corrected chi connectivity index (χ3v) is 5.07. The summed E-state index contributed by atoms with van der Waals surface area (Å²) < 4.78 is 0. The third kappa shape index (κ3) is 4.19. The molecule has 0 aliphatic carbocycles. The fourth-order valence-electron chi connectivity index (χ4n) is 2.99. The number of rotatable bonds is 4. The zero-order chi connectivity index (χ0) is 17.1. The smallest absolute Gasteiger partial charge is 0.239 e. The molecule has 2 aliphatic heterocycles. The molecule has 2 N–H and O–H groups in total. The Morgan fingerprint density at radius 1 is 1.33 bits per heavy atom. The first-order chi connectivity index (χ1) is 11.5. The van der Waals surface area contributed by atoms with E-state index in [2.05, 4.69) is 20.6 Å². The second-order valence-electron chi connectivity index (χ2n) is 6.08. The van der Waals surface area contributed by atoms with Crippen molar-refractivity contribution < 1.29 is 4.79 Å². The van der Waals surface area contributed by atoms with Crippen LogP contribution in [0.2, 0.25) is 10.0 Å². The SMILES string of the molecule is CNC1CCN(CC(=O)NC2=NN(c3ccc(Cl)c(Cl)c3)CC2)C1. The van der Waals surface area contributed by atoms with E-state index in [0.717, 1.165) is 25.2 Å². The Morgan fingerprint density at radius 3 is 2.88 bits per heavy atom. The molecule has 2 aliphatic rings. The molecule has 1 aromatic rings. The minimum absolute atomic E-state index is 0.0125. The quantitative estimate of drug-likeness (QED) is 0.851. The maximum absolute atomic E-state index is 12.2. The van der Waals surface area contributed by atoms with Gasteiger partial charge in [0, 0.05) is 32.1 Å². The molecular weight excluding hydrogens is 349 g/mol. The highest BCUT2D eigenvalue weighted by Gasteiger charge is 2.24. The predicted octanol–water partition coefficient (Wildman–Crippen LogP) is 1.93. The van der Waals surface area contributed by atoms with Gasteiger partial charge in [-0.25, -0.2) is 0 Å². The summed E-state index contributed by atoms with van der Waals surface area (Å²) in [6.07, 6.45) is 1.78. The fourth-order valence-corrected chi connectivity index (χ4v) is 3.29. The molecule has 3 rings (SSSR count). The zero-order valence-corrected chi connectivity index (χ0v) is 15.1. The van der Waals surface area contributed by atoms with Gasteiger partial charge < -0.3 is 10.6 Å². The molecule has 1 saturated heterocycles. The van der Waals surface area contributed by atoms with Crippen LogP contribution < -0.4 is 15.6 Å². The monoisotopic (exact) mass is 369 g/mol. The van der Waals surface area contributed by atoms with Crippen LogP contribution in [0.15, 0.2) is 23.3 Å². The maximum atomic E-state index is 12.2. The van der Waals surface area contributed by atoms with Gasteiger partial charge in [0.1, 0.15) is 5.84 Å². The molecule has 1 amide bonds. The van der Waals surface area contributed by atoms with Crippen molar-refractivity contribution in [2.24, 2.45) is 5.10 Å². The second-order valence-corrected chi connectivity index (χ2v) is 6.89. The summed E-state index contributed by atoms with van der Waals surface area (Å²) in [4.78, 5) is 14.3. The molecule has 1 unspecified atom stereocenters. The van der Waals surface area contributed by atoms with E-state index in [1.54, 1.807) is 12.1 Å². The van der Waals surface area contributed by atoms with Crippen molar-refractivity contribution in [1.82, 2.24) is 15.5 Å². The third-order valence-electron chi connectivity index (χ3n) is 4.33. The number of likely N-dealkylation sites (N-methyl/N-ethyl adjacent to an activating group) is 1. The number of nitrogens with zero attached hydrogens (tertiary/aromatic N) is 3. The molecule has 1 aromatic carbocycles. The van der Waals surface area contributed by atoms with Gasteiger partial charge in [-0.2, -0.15) is 5.10 Å². The number of halogens is 2. The number of hydrogen-bond acceptors (Lipinski definition) is 5. The summed E-state index contributed by atoms with van der Waals surface area (Å²) in [5.41, 5.74) is 0.866. The van der Waals surface area contributed by atoms with Gasteiger partial charge in [0.2, 0.25) is 5.91 Å². The van der Waals surface area contributed by atoms with Crippen LogP contribution in [0.5, 0.6) is 0 Å². The predicted molar refractivity (Wildman–Crippen MR) is 97.9 cm³/mol. The average molecular weight is 370 g/mol. The van der Waals surface area contributed by atoms with Crippen LogP contribution >= 0.6 is 23.2 Å². The molecular formula is C16H21Cl2N5O. The number of nitrogens with one attached hydrogen (secondary N) is 2. The van der Waals surface area contributed by atoms with Gasteiger partial charge in [0.15, 0.2) is 0 Å². The summed E-state index contributed by atoms with van der Waals surface area (Å²) in [5, 5.41) is 13.5. The van der Waals surface area contributed by atoms with Gasteiger partial charge in [-0.1, -0.05) is 23.2 Å². The van der Waals surface area contributed by atoms with Crippen molar-refractivity contribution in [1.29, 1.82) is 0 Å². The number of benzene rings is 1. The highest BCUT2D eigenvalue weighted by atomic mass is 35.5. The Kier molecular flexibility index (Phi) is 5.61. The first-order valence-corrected chi connectivity index (χ1v) is 8.80. The van der Waals surface area contributed by atoms with Crippen LogP contribution in [0, 0.1) is 0 Å². The lowest BCUT2D eigenvalue weighted by atomic mass is 10.3. The molecule has 0 spiro atoms. The Balaban J connectivity index is 1.54. The second kappa shape index (κ2) is 7.70. The van der Waals surface area contributed by atoms with Gasteiger partial charge in [0.05, 0.1) is 22.3 Å². The number of likely N-dealkylation sites (tertiary alicyclic amines) is 1. The van der Waals surface area contributed by atoms with E-state index in [1.165, 1.54) is 0 Å². The molecule has 0 bridgehead atoms. The van der Waals surface area contributed by atoms with Crippen molar-refractivity contribution in [3.8, 4) is 0 Å². The molecule has 0 saturated carbocycles. The van der Waals surface area contributed by atoms with Crippen LogP contribution in [-0.2, 0) is 4.79 Å². The van der Waals surface area contributed by atoms with Crippen LogP contribution in [-0.4, -0.2) is 55.9 Å². The van der Waals surface area contributed by atoms with E-state index >= 15 is 0 Å². The lowest BCUT2D eigenvalue weighted by Crippen LogP contribution is -2.40. The molecule has 0 aromatic heterocycles. The van der Waals surface area contributed by atoms with Crippen molar-refractivity contribution in [2.75, 3.05) is 38.2 Å². The molecule has 1 atom stereocenters. The van der Waals surface area contributed by atoms with E-state index in [0.29, 0.717) is 41.4 Å². The molecule has 1 fully saturated rings. The molecule has 130 valence electrons. The van der Waals surface area contributed by atoms with Crippen LogP contribution in [0.1, 0.15) is 12.8 Å². The van der Waals surface area contributed by atoms with Gasteiger partial charge in [-0.15, -0.1) is 0 Å². The van der Waals surface area contributed by atoms with Crippen LogP contribution in [0.4, 0.5) is 5.69 Å². The number of amidine groups is 1. The first kappa shape index (κ1) is 17.5. The Labute approximate surface area is 151 Å². The topological polar surface area (TPSA) is 60.0 Å². The van der Waals surface area contributed by atoms with E-state index in [-0.39, 0.29) is 5.91 Å². The number of carbonyl (C=O) groups excluding carboxylic acids is 1. The first-order valence-electron chi connectivity index (χ1n) is 8.04. The molecule has 8 heteroatoms. The lowest BCUT2D eigenvalue weighted by Gasteiger charge is -2.15. The molecule has 2 heterocycles. The minimum atomic E-state index is -0.0125. The van der Waals surface area contributed by atoms with Gasteiger partial charge >= 0.3 is 0 Å². The number of hydrazone groups is 1. The number of hydrogen-bond donors (Lipinski definition) is 2. The van der Waals surface area contributed by atoms with Gasteiger partial charge in [0.25, 0.3) is 0 Å². The lowest BCUT2D eigenvalue weighted by molar-refractivity contribution is -0.120. The highest BCUT2D eigenvalue weighted by Crippen LogP contribution is 2.28. The van der Waals surface area contributed by atoms with Gasteiger partial charge in [-0.05, 0) is 31.7 Å². The van der Waals surface area contributed by atoms with Gasteiger partial charge in [-0.3, -0.25) is 14.7 Å². The summed E-state index contributed by atoms with van der Waals surface area (Å²) in [5.74, 6) is 0.678. The number of anilines is 1. The van der Waals surface area contributed by atoms with E-state index in [9.17, 15) is 4.79 Å². The summed E-state index contributed by atoms with van der Waals surface area (Å²) in [6.45, 7) is 2.97.